The van der Waals surface area contributed by atoms with Crippen molar-refractivity contribution in [1.82, 2.24) is 14.5 Å². The zero-order valence-electron chi connectivity index (χ0n) is 19.0. The van der Waals surface area contributed by atoms with Gasteiger partial charge in [-0.25, -0.2) is 12.7 Å². The molecule has 1 N–H and O–H groups in total. The molecule has 0 heterocycles. The number of sulfonamides is 1. The van der Waals surface area contributed by atoms with E-state index < -0.39 is 16.1 Å². The molecule has 0 saturated heterocycles. The van der Waals surface area contributed by atoms with Crippen LogP contribution in [0.25, 0.3) is 0 Å². The van der Waals surface area contributed by atoms with E-state index in [1.165, 1.54) is 11.4 Å². The Morgan fingerprint density at radius 3 is 2.19 bits per heavy atom. The highest BCUT2D eigenvalue weighted by Crippen LogP contribution is 2.16. The predicted octanol–water partition coefficient (Wildman–Crippen LogP) is 3.03. The summed E-state index contributed by atoms with van der Waals surface area (Å²) >= 11 is 0. The van der Waals surface area contributed by atoms with E-state index >= 15 is 0 Å². The molecule has 32 heavy (non-hydrogen) atoms. The van der Waals surface area contributed by atoms with Gasteiger partial charge in [-0.2, -0.15) is 0 Å². The first-order chi connectivity index (χ1) is 15.3. The van der Waals surface area contributed by atoms with E-state index in [-0.39, 0.29) is 29.7 Å². The third-order valence-electron chi connectivity index (χ3n) is 5.23. The van der Waals surface area contributed by atoms with Crippen LogP contribution in [-0.2, 0) is 26.2 Å². The molecule has 0 aromatic heterocycles. The van der Waals surface area contributed by atoms with Gasteiger partial charge in [0.1, 0.15) is 6.04 Å². The normalized spacial score (nSPS) is 12.4. The number of hydrogen-bond acceptors (Lipinski definition) is 4. The number of benzene rings is 2. The summed E-state index contributed by atoms with van der Waals surface area (Å²) in [4.78, 5) is 27.3. The van der Waals surface area contributed by atoms with Crippen LogP contribution in [-0.4, -0.2) is 55.6 Å². The molecule has 2 rings (SSSR count). The number of carbonyl (C=O) groups excluding carboxylic acids is 2. The van der Waals surface area contributed by atoms with Gasteiger partial charge < -0.3 is 10.2 Å². The molecule has 2 aromatic rings. The minimum atomic E-state index is -3.60. The first-order valence-electron chi connectivity index (χ1n) is 10.9. The molecule has 0 fully saturated rings. The number of nitrogens with zero attached hydrogens (tertiary/aromatic N) is 2. The fraction of sp³-hybridized carbons (Fsp3) is 0.417. The lowest BCUT2D eigenvalue weighted by atomic mass is 10.1. The van der Waals surface area contributed by atoms with Gasteiger partial charge in [0.15, 0.2) is 0 Å². The molecule has 1 atom stereocenters. The van der Waals surface area contributed by atoms with Crippen molar-refractivity contribution in [1.29, 1.82) is 0 Å². The average Bonchev–Trinajstić information content (AvgIpc) is 2.81. The number of hydrogen-bond donors (Lipinski definition) is 1. The second-order valence-electron chi connectivity index (χ2n) is 7.72. The van der Waals surface area contributed by atoms with Gasteiger partial charge in [0.05, 0.1) is 4.90 Å². The molecule has 0 aliphatic rings. The Balaban J connectivity index is 2.03. The van der Waals surface area contributed by atoms with Crippen molar-refractivity contribution in [2.75, 3.05) is 20.1 Å². The number of nitrogens with one attached hydrogen (secondary N) is 1. The van der Waals surface area contributed by atoms with Crippen LogP contribution < -0.4 is 5.32 Å². The third-order valence-corrected chi connectivity index (χ3v) is 7.10. The summed E-state index contributed by atoms with van der Waals surface area (Å²) in [6, 6.07) is 17.1. The molecule has 1 unspecified atom stereocenters. The monoisotopic (exact) mass is 459 g/mol. The van der Waals surface area contributed by atoms with Gasteiger partial charge >= 0.3 is 0 Å². The Hall–Kier alpha value is -2.71. The molecule has 2 amide bonds. The van der Waals surface area contributed by atoms with Gasteiger partial charge in [-0.1, -0.05) is 55.5 Å². The highest BCUT2D eigenvalue weighted by Gasteiger charge is 2.26. The molecule has 7 nitrogen and oxygen atoms in total. The lowest BCUT2D eigenvalue weighted by Gasteiger charge is -2.29. The molecule has 0 bridgehead atoms. The van der Waals surface area contributed by atoms with Crippen molar-refractivity contribution in [2.24, 2.45) is 0 Å². The summed E-state index contributed by atoms with van der Waals surface area (Å²) in [5, 5.41) is 2.85. The van der Waals surface area contributed by atoms with Crippen LogP contribution in [0.5, 0.6) is 0 Å². The molecular formula is C24H33N3O4S. The molecule has 0 radical (unpaired) electrons. The first kappa shape index (κ1) is 25.5. The van der Waals surface area contributed by atoms with Crippen LogP contribution in [0.4, 0.5) is 0 Å². The highest BCUT2D eigenvalue weighted by molar-refractivity contribution is 7.89. The van der Waals surface area contributed by atoms with Crippen molar-refractivity contribution in [3.8, 4) is 0 Å². The summed E-state index contributed by atoms with van der Waals surface area (Å²) in [7, 11) is -2.09. The van der Waals surface area contributed by atoms with Crippen LogP contribution in [0.1, 0.15) is 38.7 Å². The summed E-state index contributed by atoms with van der Waals surface area (Å²) in [6.07, 6.45) is 1.32. The van der Waals surface area contributed by atoms with Crippen molar-refractivity contribution in [3.05, 3.63) is 66.2 Å². The Bertz CT molecular complexity index is 965. The standard InChI is InChI=1S/C24H33N3O4S/c1-4-17-25-24(29)20(2)27(19-21-12-7-5-8-13-21)23(28)16-11-18-26(3)32(30,31)22-14-9-6-10-15-22/h5-10,12-15,20H,4,11,16-19H2,1-3H3,(H,25,29). The molecule has 174 valence electrons. The van der Waals surface area contributed by atoms with E-state index in [9.17, 15) is 18.0 Å². The van der Waals surface area contributed by atoms with E-state index in [0.717, 1.165) is 12.0 Å². The van der Waals surface area contributed by atoms with Crippen molar-refractivity contribution < 1.29 is 18.0 Å². The predicted molar refractivity (Wildman–Crippen MR) is 125 cm³/mol. The number of amides is 2. The zero-order chi connectivity index (χ0) is 23.6. The second kappa shape index (κ2) is 12.4. The van der Waals surface area contributed by atoms with Gasteiger partial charge in [-0.15, -0.1) is 0 Å². The van der Waals surface area contributed by atoms with Gasteiger partial charge in [-0.3, -0.25) is 9.59 Å². The maximum absolute atomic E-state index is 13.0. The van der Waals surface area contributed by atoms with Crippen LogP contribution in [0.15, 0.2) is 65.6 Å². The van der Waals surface area contributed by atoms with E-state index in [1.807, 2.05) is 37.3 Å². The van der Waals surface area contributed by atoms with E-state index in [2.05, 4.69) is 5.32 Å². The Morgan fingerprint density at radius 2 is 1.59 bits per heavy atom. The van der Waals surface area contributed by atoms with Crippen molar-refractivity contribution in [2.45, 2.75) is 50.6 Å². The van der Waals surface area contributed by atoms with Gasteiger partial charge in [0.2, 0.25) is 21.8 Å². The Morgan fingerprint density at radius 1 is 1.00 bits per heavy atom. The van der Waals surface area contributed by atoms with Crippen LogP contribution >= 0.6 is 0 Å². The first-order valence-corrected chi connectivity index (χ1v) is 12.3. The Labute approximate surface area is 191 Å². The highest BCUT2D eigenvalue weighted by atomic mass is 32.2. The third kappa shape index (κ3) is 7.17. The summed E-state index contributed by atoms with van der Waals surface area (Å²) in [5.74, 6) is -0.376. The largest absolute Gasteiger partial charge is 0.354 e. The van der Waals surface area contributed by atoms with Gasteiger partial charge in [0, 0.05) is 33.1 Å². The van der Waals surface area contributed by atoms with E-state index in [1.54, 1.807) is 42.2 Å². The fourth-order valence-electron chi connectivity index (χ4n) is 3.25. The minimum absolute atomic E-state index is 0.146. The second-order valence-corrected chi connectivity index (χ2v) is 9.76. The van der Waals surface area contributed by atoms with Crippen molar-refractivity contribution >= 4 is 21.8 Å². The summed E-state index contributed by atoms with van der Waals surface area (Å²) in [5.41, 5.74) is 0.930. The van der Waals surface area contributed by atoms with Crippen LogP contribution in [0, 0.1) is 0 Å². The fourth-order valence-corrected chi connectivity index (χ4v) is 4.48. The van der Waals surface area contributed by atoms with Gasteiger partial charge in [0.25, 0.3) is 0 Å². The zero-order valence-corrected chi connectivity index (χ0v) is 19.8. The Kier molecular flexibility index (Phi) is 9.87. The molecule has 0 aliphatic carbocycles. The maximum atomic E-state index is 13.0. The lowest BCUT2D eigenvalue weighted by Crippen LogP contribution is -2.47. The SMILES string of the molecule is CCCNC(=O)C(C)N(Cc1ccccc1)C(=O)CCCN(C)S(=O)(=O)c1ccccc1. The molecule has 0 saturated carbocycles. The molecular weight excluding hydrogens is 426 g/mol. The average molecular weight is 460 g/mol. The molecule has 0 aliphatic heterocycles. The quantitative estimate of drug-likeness (QED) is 0.529. The molecule has 2 aromatic carbocycles. The summed E-state index contributed by atoms with van der Waals surface area (Å²) < 4.78 is 26.6. The van der Waals surface area contributed by atoms with Crippen molar-refractivity contribution in [3.63, 3.8) is 0 Å². The smallest absolute Gasteiger partial charge is 0.242 e. The lowest BCUT2D eigenvalue weighted by molar-refractivity contribution is -0.140. The van der Waals surface area contributed by atoms with Gasteiger partial charge in [-0.05, 0) is 37.5 Å². The topological polar surface area (TPSA) is 86.8 Å². The van der Waals surface area contributed by atoms with E-state index in [4.69, 9.17) is 0 Å². The summed E-state index contributed by atoms with van der Waals surface area (Å²) in [6.45, 7) is 4.77. The minimum Gasteiger partial charge on any atom is -0.354 e. The number of rotatable bonds is 12. The van der Waals surface area contributed by atoms with Crippen LogP contribution in [0.3, 0.4) is 0 Å². The maximum Gasteiger partial charge on any atom is 0.242 e. The number of carbonyl (C=O) groups is 2. The van der Waals surface area contributed by atoms with Crippen LogP contribution in [0.2, 0.25) is 0 Å². The molecule has 0 spiro atoms. The molecule has 8 heteroatoms. The van der Waals surface area contributed by atoms with E-state index in [0.29, 0.717) is 19.5 Å².